The van der Waals surface area contributed by atoms with E-state index < -0.39 is 0 Å². The summed E-state index contributed by atoms with van der Waals surface area (Å²) in [6.45, 7) is 5.50. The summed E-state index contributed by atoms with van der Waals surface area (Å²) in [5.74, 6) is 0. The number of hydrogen-bond acceptors (Lipinski definition) is 1. The summed E-state index contributed by atoms with van der Waals surface area (Å²) in [5.41, 5.74) is 0.952. The van der Waals surface area contributed by atoms with Gasteiger partial charge in [0.1, 0.15) is 0 Å². The molecule has 0 radical (unpaired) electrons. The van der Waals surface area contributed by atoms with Crippen molar-refractivity contribution in [2.24, 2.45) is 0 Å². The lowest BCUT2D eigenvalue weighted by atomic mass is 10.3. The summed E-state index contributed by atoms with van der Waals surface area (Å²) < 4.78 is 0. The van der Waals surface area contributed by atoms with E-state index in [1.165, 1.54) is 0 Å². The zero-order valence-electron chi connectivity index (χ0n) is 5.67. The van der Waals surface area contributed by atoms with E-state index in [1.807, 2.05) is 25.2 Å². The van der Waals surface area contributed by atoms with Crippen molar-refractivity contribution in [1.29, 1.82) is 0 Å². The third kappa shape index (κ3) is 5.04. The second-order valence-electron chi connectivity index (χ2n) is 1.79. The van der Waals surface area contributed by atoms with Gasteiger partial charge in [0.25, 0.3) is 0 Å². The van der Waals surface area contributed by atoms with Crippen molar-refractivity contribution in [2.45, 2.75) is 6.92 Å². The highest BCUT2D eigenvalue weighted by molar-refractivity contribution is 5.13. The summed E-state index contributed by atoms with van der Waals surface area (Å²) in [6, 6.07) is 0. The molecule has 1 N–H and O–H groups in total. The van der Waals surface area contributed by atoms with Gasteiger partial charge in [0.15, 0.2) is 0 Å². The van der Waals surface area contributed by atoms with Gasteiger partial charge in [0.05, 0.1) is 6.61 Å². The van der Waals surface area contributed by atoms with E-state index in [9.17, 15) is 0 Å². The molecule has 0 aliphatic rings. The number of rotatable bonds is 3. The Labute approximate surface area is 56.0 Å². The lowest BCUT2D eigenvalue weighted by molar-refractivity contribution is 0.331. The predicted octanol–water partition coefficient (Wildman–Crippen LogP) is 1.67. The molecule has 1 nitrogen and oxygen atoms in total. The summed E-state index contributed by atoms with van der Waals surface area (Å²) in [5, 5.41) is 8.51. The van der Waals surface area contributed by atoms with E-state index in [0.29, 0.717) is 0 Å². The van der Waals surface area contributed by atoms with E-state index in [-0.39, 0.29) is 6.61 Å². The summed E-state index contributed by atoms with van der Waals surface area (Å²) in [7, 11) is 0. The quantitative estimate of drug-likeness (QED) is 0.567. The Bertz CT molecular complexity index is 132. The third-order valence-electron chi connectivity index (χ3n) is 0.877. The highest BCUT2D eigenvalue weighted by Crippen LogP contribution is 1.89. The predicted molar refractivity (Wildman–Crippen MR) is 40.2 cm³/mol. The van der Waals surface area contributed by atoms with Gasteiger partial charge in [0.2, 0.25) is 0 Å². The minimum Gasteiger partial charge on any atom is -0.392 e. The first-order valence-corrected chi connectivity index (χ1v) is 2.87. The molecule has 1 heteroatoms. The number of aliphatic hydroxyl groups is 1. The monoisotopic (exact) mass is 124 g/mol. The molecule has 0 aliphatic carbocycles. The van der Waals surface area contributed by atoms with Crippen LogP contribution in [0.5, 0.6) is 0 Å². The summed E-state index contributed by atoms with van der Waals surface area (Å²) in [4.78, 5) is 0. The Balaban J connectivity index is 3.67. The van der Waals surface area contributed by atoms with Crippen LogP contribution in [0.4, 0.5) is 0 Å². The van der Waals surface area contributed by atoms with E-state index in [4.69, 9.17) is 5.11 Å². The molecule has 0 unspecified atom stereocenters. The number of hydrogen-bond donors (Lipinski definition) is 1. The Morgan fingerprint density at radius 1 is 1.56 bits per heavy atom. The lowest BCUT2D eigenvalue weighted by Gasteiger charge is -1.86. The van der Waals surface area contributed by atoms with Gasteiger partial charge < -0.3 is 5.11 Å². The average molecular weight is 124 g/mol. The van der Waals surface area contributed by atoms with Gasteiger partial charge >= 0.3 is 0 Å². The second-order valence-corrected chi connectivity index (χ2v) is 1.79. The van der Waals surface area contributed by atoms with E-state index in [1.54, 1.807) is 6.08 Å². The fourth-order valence-corrected chi connectivity index (χ4v) is 0.351. The van der Waals surface area contributed by atoms with Crippen LogP contribution < -0.4 is 0 Å². The van der Waals surface area contributed by atoms with Crippen molar-refractivity contribution >= 4 is 0 Å². The maximum atomic E-state index is 8.51. The van der Waals surface area contributed by atoms with Crippen molar-refractivity contribution in [1.82, 2.24) is 0 Å². The van der Waals surface area contributed by atoms with Crippen LogP contribution in [0.3, 0.4) is 0 Å². The zero-order valence-corrected chi connectivity index (χ0v) is 5.67. The molecule has 0 heterocycles. The molecule has 9 heavy (non-hydrogen) atoms. The highest BCUT2D eigenvalue weighted by Gasteiger charge is 1.77. The molecule has 0 bridgehead atoms. The van der Waals surface area contributed by atoms with Gasteiger partial charge in [0, 0.05) is 0 Å². The van der Waals surface area contributed by atoms with Crippen LogP contribution in [0.2, 0.25) is 0 Å². The molecule has 0 rings (SSSR count). The van der Waals surface area contributed by atoms with Crippen LogP contribution in [0.25, 0.3) is 0 Å². The molecule has 0 amide bonds. The Kier molecular flexibility index (Phi) is 4.83. The second kappa shape index (κ2) is 5.32. The highest BCUT2D eigenvalue weighted by atomic mass is 16.3. The van der Waals surface area contributed by atoms with Gasteiger partial charge in [-0.05, 0) is 12.5 Å². The molecule has 0 aromatic rings. The Morgan fingerprint density at radius 2 is 2.22 bits per heavy atom. The third-order valence-corrected chi connectivity index (χ3v) is 0.877. The van der Waals surface area contributed by atoms with Gasteiger partial charge in [-0.3, -0.25) is 0 Å². The van der Waals surface area contributed by atoms with Gasteiger partial charge in [-0.15, -0.1) is 0 Å². The minimum atomic E-state index is 0.126. The van der Waals surface area contributed by atoms with Crippen molar-refractivity contribution < 1.29 is 5.11 Å². The largest absolute Gasteiger partial charge is 0.392 e. The first-order valence-electron chi connectivity index (χ1n) is 2.87. The smallest absolute Gasteiger partial charge is 0.0642 e. The first-order chi connectivity index (χ1) is 4.31. The van der Waals surface area contributed by atoms with Crippen LogP contribution in [0.1, 0.15) is 6.92 Å². The number of allylic oxidation sites excluding steroid dienone is 4. The standard InChI is InChI=1S/C8H12O/c1-3-4-5-6-8(2)7-9/h3-6,9H,1,7H2,2H3/b5-4-,8-6-. The molecular weight excluding hydrogens is 112 g/mol. The molecule has 0 fully saturated rings. The Hall–Kier alpha value is -0.820. The van der Waals surface area contributed by atoms with Crippen LogP contribution in [-0.4, -0.2) is 11.7 Å². The molecule has 0 aromatic heterocycles. The van der Waals surface area contributed by atoms with Crippen molar-refractivity contribution in [3.05, 3.63) is 36.5 Å². The van der Waals surface area contributed by atoms with E-state index in [0.717, 1.165) is 5.57 Å². The fraction of sp³-hybridized carbons (Fsp3) is 0.250. The molecule has 0 aliphatic heterocycles. The zero-order chi connectivity index (χ0) is 7.11. The maximum absolute atomic E-state index is 8.51. The van der Waals surface area contributed by atoms with E-state index in [2.05, 4.69) is 6.58 Å². The minimum absolute atomic E-state index is 0.126. The molecule has 50 valence electrons. The first kappa shape index (κ1) is 8.18. The maximum Gasteiger partial charge on any atom is 0.0642 e. The molecule has 0 atom stereocenters. The number of aliphatic hydroxyl groups excluding tert-OH is 1. The average Bonchev–Trinajstić information content (AvgIpc) is 1.89. The SMILES string of the molecule is C=C/C=C\C=C(\C)CO. The van der Waals surface area contributed by atoms with Crippen LogP contribution in [-0.2, 0) is 0 Å². The Morgan fingerprint density at radius 3 is 2.67 bits per heavy atom. The summed E-state index contributed by atoms with van der Waals surface area (Å²) >= 11 is 0. The van der Waals surface area contributed by atoms with Crippen molar-refractivity contribution in [2.75, 3.05) is 6.61 Å². The molecule has 0 saturated carbocycles. The molecule has 0 saturated heterocycles. The lowest BCUT2D eigenvalue weighted by Crippen LogP contribution is -1.80. The normalized spacial score (nSPS) is 12.4. The van der Waals surface area contributed by atoms with Crippen molar-refractivity contribution in [3.8, 4) is 0 Å². The van der Waals surface area contributed by atoms with Crippen LogP contribution >= 0.6 is 0 Å². The molecule has 0 spiro atoms. The van der Waals surface area contributed by atoms with Gasteiger partial charge in [-0.2, -0.15) is 0 Å². The van der Waals surface area contributed by atoms with Crippen LogP contribution in [0, 0.1) is 0 Å². The van der Waals surface area contributed by atoms with E-state index >= 15 is 0 Å². The molecule has 0 aromatic carbocycles. The molecular formula is C8H12O. The van der Waals surface area contributed by atoms with Gasteiger partial charge in [-0.25, -0.2) is 0 Å². The topological polar surface area (TPSA) is 20.2 Å². The summed E-state index contributed by atoms with van der Waals surface area (Å²) in [6.07, 6.45) is 7.21. The fourth-order valence-electron chi connectivity index (χ4n) is 0.351. The van der Waals surface area contributed by atoms with Crippen molar-refractivity contribution in [3.63, 3.8) is 0 Å². The van der Waals surface area contributed by atoms with Gasteiger partial charge in [-0.1, -0.05) is 30.9 Å². The van der Waals surface area contributed by atoms with Crippen LogP contribution in [0.15, 0.2) is 36.5 Å².